The van der Waals surface area contributed by atoms with E-state index in [9.17, 15) is 4.79 Å². The normalized spacial score (nSPS) is 27.6. The van der Waals surface area contributed by atoms with E-state index in [0.717, 1.165) is 24.2 Å². The molecule has 0 spiro atoms. The molecule has 0 saturated carbocycles. The van der Waals surface area contributed by atoms with Crippen LogP contribution in [0.2, 0.25) is 0 Å². The van der Waals surface area contributed by atoms with Gasteiger partial charge in [-0.15, -0.1) is 0 Å². The first-order chi connectivity index (χ1) is 12.2. The number of aryl methyl sites for hydroxylation is 1. The molecule has 0 aliphatic carbocycles. The summed E-state index contributed by atoms with van der Waals surface area (Å²) in [5.74, 6) is 1.60. The summed E-state index contributed by atoms with van der Waals surface area (Å²) in [6.07, 6.45) is 4.00. The van der Waals surface area contributed by atoms with Crippen molar-refractivity contribution in [3.63, 3.8) is 0 Å². The van der Waals surface area contributed by atoms with E-state index < -0.39 is 0 Å². The lowest BCUT2D eigenvalue weighted by Gasteiger charge is -2.35. The Morgan fingerprint density at radius 2 is 1.68 bits per heavy atom. The molecule has 4 heteroatoms. The van der Waals surface area contributed by atoms with Gasteiger partial charge >= 0.3 is 0 Å². The van der Waals surface area contributed by atoms with E-state index in [0.29, 0.717) is 11.8 Å². The van der Waals surface area contributed by atoms with Crippen LogP contribution in [0.4, 0.5) is 0 Å². The van der Waals surface area contributed by atoms with E-state index in [1.165, 1.54) is 58.5 Å². The Balaban J connectivity index is 1.32. The van der Waals surface area contributed by atoms with Crippen LogP contribution in [0, 0.1) is 18.8 Å². The summed E-state index contributed by atoms with van der Waals surface area (Å²) in [6.45, 7) is 11.3. The quantitative estimate of drug-likeness (QED) is 0.842. The number of rotatable bonds is 4. The second-order valence-corrected chi connectivity index (χ2v) is 8.18. The number of carbonyl (C=O) groups excluding carboxylic acids is 1. The maximum absolute atomic E-state index is 12.9. The van der Waals surface area contributed by atoms with Crippen molar-refractivity contribution in [1.29, 1.82) is 0 Å². The predicted octanol–water partition coefficient (Wildman–Crippen LogP) is 2.48. The maximum Gasteiger partial charge on any atom is 0.254 e. The van der Waals surface area contributed by atoms with E-state index in [1.54, 1.807) is 0 Å². The third-order valence-corrected chi connectivity index (χ3v) is 6.48. The van der Waals surface area contributed by atoms with E-state index in [4.69, 9.17) is 0 Å². The van der Waals surface area contributed by atoms with Crippen molar-refractivity contribution < 1.29 is 4.79 Å². The summed E-state index contributed by atoms with van der Waals surface area (Å²) < 4.78 is 0. The first kappa shape index (κ1) is 17.0. The highest BCUT2D eigenvalue weighted by Crippen LogP contribution is 2.32. The van der Waals surface area contributed by atoms with Crippen molar-refractivity contribution in [2.24, 2.45) is 11.8 Å². The van der Waals surface area contributed by atoms with Gasteiger partial charge < -0.3 is 14.7 Å². The van der Waals surface area contributed by atoms with Crippen molar-refractivity contribution in [2.75, 3.05) is 52.4 Å². The van der Waals surface area contributed by atoms with E-state index in [2.05, 4.69) is 14.7 Å². The monoisotopic (exact) mass is 341 g/mol. The molecule has 3 heterocycles. The SMILES string of the molecule is Cc1ccccc1C(=O)N1C[C@H]2CN(CCN3CCCC3)CC[C@H]2C1. The predicted molar refractivity (Wildman–Crippen MR) is 101 cm³/mol. The van der Waals surface area contributed by atoms with Gasteiger partial charge in [0, 0.05) is 38.3 Å². The van der Waals surface area contributed by atoms with Gasteiger partial charge in [-0.25, -0.2) is 0 Å². The minimum Gasteiger partial charge on any atom is -0.338 e. The summed E-state index contributed by atoms with van der Waals surface area (Å²) in [5, 5.41) is 0. The number of carbonyl (C=O) groups is 1. The summed E-state index contributed by atoms with van der Waals surface area (Å²) >= 11 is 0. The van der Waals surface area contributed by atoms with Crippen molar-refractivity contribution in [3.8, 4) is 0 Å². The zero-order valence-corrected chi connectivity index (χ0v) is 15.5. The highest BCUT2D eigenvalue weighted by molar-refractivity contribution is 5.95. The van der Waals surface area contributed by atoms with Crippen LogP contribution in [0.3, 0.4) is 0 Å². The lowest BCUT2D eigenvalue weighted by molar-refractivity contribution is 0.0783. The molecule has 1 aromatic carbocycles. The maximum atomic E-state index is 12.9. The zero-order chi connectivity index (χ0) is 17.2. The molecular formula is C21H31N3O. The van der Waals surface area contributed by atoms with Crippen LogP contribution in [0.25, 0.3) is 0 Å². The van der Waals surface area contributed by atoms with Crippen LogP contribution in [0.5, 0.6) is 0 Å². The molecule has 3 aliphatic heterocycles. The topological polar surface area (TPSA) is 26.8 Å². The van der Waals surface area contributed by atoms with Crippen LogP contribution >= 0.6 is 0 Å². The third kappa shape index (κ3) is 3.75. The van der Waals surface area contributed by atoms with Crippen LogP contribution in [0.15, 0.2) is 24.3 Å². The second kappa shape index (κ2) is 7.46. The molecule has 136 valence electrons. The first-order valence-electron chi connectivity index (χ1n) is 10.0. The summed E-state index contributed by atoms with van der Waals surface area (Å²) in [4.78, 5) is 20.3. The Kier molecular flexibility index (Phi) is 5.09. The molecule has 3 aliphatic rings. The van der Waals surface area contributed by atoms with Gasteiger partial charge in [0.2, 0.25) is 0 Å². The molecule has 0 N–H and O–H groups in total. The number of piperidine rings is 1. The van der Waals surface area contributed by atoms with Crippen molar-refractivity contribution in [3.05, 3.63) is 35.4 Å². The number of fused-ring (bicyclic) bond motifs is 1. The van der Waals surface area contributed by atoms with Crippen molar-refractivity contribution in [2.45, 2.75) is 26.2 Å². The lowest BCUT2D eigenvalue weighted by Crippen LogP contribution is -2.43. The summed E-state index contributed by atoms with van der Waals surface area (Å²) in [6, 6.07) is 8.00. The zero-order valence-electron chi connectivity index (χ0n) is 15.5. The average molecular weight is 341 g/mol. The van der Waals surface area contributed by atoms with Crippen LogP contribution in [-0.4, -0.2) is 73.0 Å². The number of hydrogen-bond donors (Lipinski definition) is 0. The highest BCUT2D eigenvalue weighted by Gasteiger charge is 2.39. The van der Waals surface area contributed by atoms with Crippen LogP contribution in [-0.2, 0) is 0 Å². The molecule has 3 fully saturated rings. The summed E-state index contributed by atoms with van der Waals surface area (Å²) in [7, 11) is 0. The van der Waals surface area contributed by atoms with Gasteiger partial charge in [0.05, 0.1) is 0 Å². The number of amides is 1. The molecule has 0 bridgehead atoms. The molecule has 1 amide bonds. The molecule has 4 nitrogen and oxygen atoms in total. The fourth-order valence-corrected chi connectivity index (χ4v) is 4.89. The minimum absolute atomic E-state index is 0.233. The molecule has 2 atom stereocenters. The highest BCUT2D eigenvalue weighted by atomic mass is 16.2. The number of likely N-dealkylation sites (tertiary alicyclic amines) is 3. The van der Waals surface area contributed by atoms with Gasteiger partial charge in [0.15, 0.2) is 0 Å². The molecule has 0 aromatic heterocycles. The van der Waals surface area contributed by atoms with Gasteiger partial charge in [0.25, 0.3) is 5.91 Å². The fourth-order valence-electron chi connectivity index (χ4n) is 4.89. The Morgan fingerprint density at radius 3 is 2.48 bits per heavy atom. The third-order valence-electron chi connectivity index (χ3n) is 6.48. The Hall–Kier alpha value is -1.39. The lowest BCUT2D eigenvalue weighted by atomic mass is 9.89. The fraction of sp³-hybridized carbons (Fsp3) is 0.667. The molecule has 0 unspecified atom stereocenters. The Morgan fingerprint density at radius 1 is 0.960 bits per heavy atom. The Bertz CT molecular complexity index is 611. The van der Waals surface area contributed by atoms with Crippen LogP contribution < -0.4 is 0 Å². The largest absolute Gasteiger partial charge is 0.338 e. The number of nitrogens with zero attached hydrogens (tertiary/aromatic N) is 3. The molecule has 1 aromatic rings. The van der Waals surface area contributed by atoms with Crippen molar-refractivity contribution in [1.82, 2.24) is 14.7 Å². The van der Waals surface area contributed by atoms with Gasteiger partial charge in [0.1, 0.15) is 0 Å². The van der Waals surface area contributed by atoms with E-state index in [1.807, 2.05) is 31.2 Å². The smallest absolute Gasteiger partial charge is 0.254 e. The van der Waals surface area contributed by atoms with Gasteiger partial charge in [-0.05, 0) is 69.3 Å². The Labute approximate surface area is 151 Å². The number of hydrogen-bond acceptors (Lipinski definition) is 3. The van der Waals surface area contributed by atoms with Crippen LogP contribution in [0.1, 0.15) is 35.2 Å². The van der Waals surface area contributed by atoms with E-state index >= 15 is 0 Å². The molecule has 25 heavy (non-hydrogen) atoms. The number of benzene rings is 1. The molecular weight excluding hydrogens is 310 g/mol. The average Bonchev–Trinajstić information content (AvgIpc) is 3.28. The standard InChI is InChI=1S/C21H31N3O/c1-17-6-2-3-7-20(17)21(25)24-15-18-8-11-23(14-19(18)16-24)13-12-22-9-4-5-10-22/h2-3,6-7,18-19H,4-5,8-16H2,1H3/t18-,19+/m0/s1. The van der Waals surface area contributed by atoms with Gasteiger partial charge in [-0.1, -0.05) is 18.2 Å². The van der Waals surface area contributed by atoms with E-state index in [-0.39, 0.29) is 5.91 Å². The minimum atomic E-state index is 0.233. The van der Waals surface area contributed by atoms with Gasteiger partial charge in [-0.3, -0.25) is 4.79 Å². The van der Waals surface area contributed by atoms with Crippen molar-refractivity contribution >= 4 is 5.91 Å². The molecule has 4 rings (SSSR count). The second-order valence-electron chi connectivity index (χ2n) is 8.18. The molecule has 3 saturated heterocycles. The molecule has 0 radical (unpaired) electrons. The summed E-state index contributed by atoms with van der Waals surface area (Å²) in [5.41, 5.74) is 1.97. The first-order valence-corrected chi connectivity index (χ1v) is 10.0. The van der Waals surface area contributed by atoms with Gasteiger partial charge in [-0.2, -0.15) is 0 Å².